The van der Waals surface area contributed by atoms with E-state index in [1.54, 1.807) is 6.20 Å². The van der Waals surface area contributed by atoms with Crippen molar-refractivity contribution in [2.75, 3.05) is 5.32 Å². The van der Waals surface area contributed by atoms with Gasteiger partial charge in [-0.2, -0.15) is 5.10 Å². The van der Waals surface area contributed by atoms with Gasteiger partial charge in [-0.05, 0) is 24.4 Å². The number of aromatic nitrogens is 3. The van der Waals surface area contributed by atoms with E-state index in [9.17, 15) is 4.79 Å². The molecule has 5 nitrogen and oxygen atoms in total. The number of benzene rings is 1. The highest BCUT2D eigenvalue weighted by molar-refractivity contribution is 5.83. The van der Waals surface area contributed by atoms with Crippen molar-refractivity contribution in [3.8, 4) is 0 Å². The van der Waals surface area contributed by atoms with E-state index < -0.39 is 0 Å². The number of rotatable bonds is 3. The number of hydrogen-bond acceptors (Lipinski definition) is 3. The van der Waals surface area contributed by atoms with Crippen molar-refractivity contribution >= 4 is 16.6 Å². The molecule has 0 unspecified atom stereocenters. The van der Waals surface area contributed by atoms with Crippen LogP contribution in [0.1, 0.15) is 11.3 Å². The first-order valence-corrected chi connectivity index (χ1v) is 6.09. The van der Waals surface area contributed by atoms with E-state index in [1.807, 2.05) is 37.3 Å². The van der Waals surface area contributed by atoms with Gasteiger partial charge in [-0.1, -0.05) is 18.2 Å². The van der Waals surface area contributed by atoms with Crippen LogP contribution >= 0.6 is 0 Å². The van der Waals surface area contributed by atoms with Gasteiger partial charge in [0, 0.05) is 23.2 Å². The maximum absolute atomic E-state index is 11.9. The van der Waals surface area contributed by atoms with Gasteiger partial charge >= 0.3 is 0 Å². The number of pyridine rings is 1. The molecule has 96 valence electrons. The van der Waals surface area contributed by atoms with Gasteiger partial charge in [0.1, 0.15) is 5.82 Å². The summed E-state index contributed by atoms with van der Waals surface area (Å²) in [4.78, 5) is 14.7. The van der Waals surface area contributed by atoms with Gasteiger partial charge in [-0.3, -0.25) is 9.89 Å². The molecule has 3 rings (SSSR count). The second-order valence-corrected chi connectivity index (χ2v) is 4.47. The summed E-state index contributed by atoms with van der Waals surface area (Å²) in [5, 5.41) is 11.7. The fraction of sp³-hybridized carbons (Fsp3) is 0.143. The highest BCUT2D eigenvalue weighted by atomic mass is 16.1. The van der Waals surface area contributed by atoms with Gasteiger partial charge in [0.25, 0.3) is 5.56 Å². The third kappa shape index (κ3) is 2.22. The van der Waals surface area contributed by atoms with Crippen LogP contribution in [0.2, 0.25) is 0 Å². The first-order valence-electron chi connectivity index (χ1n) is 6.09. The zero-order chi connectivity index (χ0) is 13.2. The summed E-state index contributed by atoms with van der Waals surface area (Å²) in [5.41, 5.74) is 2.02. The van der Waals surface area contributed by atoms with Crippen molar-refractivity contribution in [1.29, 1.82) is 0 Å². The van der Waals surface area contributed by atoms with Crippen molar-refractivity contribution < 1.29 is 0 Å². The molecular formula is C14H14N4O. The molecule has 5 heteroatoms. The van der Waals surface area contributed by atoms with E-state index in [4.69, 9.17) is 0 Å². The van der Waals surface area contributed by atoms with Crippen LogP contribution in [0.4, 0.5) is 5.82 Å². The van der Waals surface area contributed by atoms with Gasteiger partial charge in [0.15, 0.2) is 0 Å². The number of nitrogens with one attached hydrogen (secondary N) is 3. The lowest BCUT2D eigenvalue weighted by Gasteiger charge is -2.06. The Morgan fingerprint density at radius 2 is 2.16 bits per heavy atom. The van der Waals surface area contributed by atoms with Crippen LogP contribution in [0.5, 0.6) is 0 Å². The minimum Gasteiger partial charge on any atom is -0.367 e. The molecule has 2 heterocycles. The summed E-state index contributed by atoms with van der Waals surface area (Å²) in [7, 11) is 0. The zero-order valence-corrected chi connectivity index (χ0v) is 10.5. The Bertz CT molecular complexity index is 772. The molecule has 2 aromatic heterocycles. The van der Waals surface area contributed by atoms with Crippen molar-refractivity contribution in [2.45, 2.75) is 13.5 Å². The third-order valence-corrected chi connectivity index (χ3v) is 3.16. The Kier molecular flexibility index (Phi) is 2.79. The lowest BCUT2D eigenvalue weighted by atomic mass is 10.2. The van der Waals surface area contributed by atoms with Crippen molar-refractivity contribution in [2.24, 2.45) is 0 Å². The average molecular weight is 254 g/mol. The second-order valence-electron chi connectivity index (χ2n) is 4.47. The fourth-order valence-electron chi connectivity index (χ4n) is 2.05. The molecule has 0 atom stereocenters. The molecule has 3 aromatic rings. The molecule has 0 aliphatic heterocycles. The number of aromatic amines is 2. The molecule has 0 saturated carbocycles. The van der Waals surface area contributed by atoms with Crippen LogP contribution in [-0.4, -0.2) is 15.2 Å². The molecule has 0 bridgehead atoms. The summed E-state index contributed by atoms with van der Waals surface area (Å²) >= 11 is 0. The number of nitrogens with zero attached hydrogens (tertiary/aromatic N) is 1. The Balaban J connectivity index is 1.90. The van der Waals surface area contributed by atoms with Crippen molar-refractivity contribution in [1.82, 2.24) is 15.2 Å². The van der Waals surface area contributed by atoms with Gasteiger partial charge in [-0.15, -0.1) is 0 Å². The largest absolute Gasteiger partial charge is 0.367 e. The van der Waals surface area contributed by atoms with Gasteiger partial charge in [0.2, 0.25) is 0 Å². The Labute approximate surface area is 109 Å². The number of hydrogen-bond donors (Lipinski definition) is 3. The minimum absolute atomic E-state index is 0.0792. The zero-order valence-electron chi connectivity index (χ0n) is 10.5. The lowest BCUT2D eigenvalue weighted by molar-refractivity contribution is 1.04. The Morgan fingerprint density at radius 1 is 1.32 bits per heavy atom. The minimum atomic E-state index is -0.0792. The standard InChI is InChI=1S/C14H14N4O/c1-9-11(8-16-18-9)7-15-13-6-10-4-2-3-5-12(10)14(19)17-13/h2-6,8H,7H2,1H3,(H,16,18)(H2,15,17,19). The van der Waals surface area contributed by atoms with Gasteiger partial charge in [0.05, 0.1) is 6.20 Å². The second kappa shape index (κ2) is 4.61. The molecule has 0 spiro atoms. The maximum Gasteiger partial charge on any atom is 0.257 e. The highest BCUT2D eigenvalue weighted by Gasteiger charge is 2.03. The third-order valence-electron chi connectivity index (χ3n) is 3.16. The summed E-state index contributed by atoms with van der Waals surface area (Å²) < 4.78 is 0. The smallest absolute Gasteiger partial charge is 0.257 e. The van der Waals surface area contributed by atoms with E-state index >= 15 is 0 Å². The van der Waals surface area contributed by atoms with Crippen LogP contribution in [0.15, 0.2) is 41.3 Å². The summed E-state index contributed by atoms with van der Waals surface area (Å²) in [6, 6.07) is 9.47. The average Bonchev–Trinajstić information content (AvgIpc) is 2.82. The Hall–Kier alpha value is -2.56. The molecular weight excluding hydrogens is 240 g/mol. The SMILES string of the molecule is Cc1[nH]ncc1CNc1cc2ccccc2c(=O)[nH]1. The van der Waals surface area contributed by atoms with Crippen LogP contribution in [-0.2, 0) is 6.54 Å². The molecule has 0 amide bonds. The molecule has 0 aliphatic rings. The predicted octanol–water partition coefficient (Wildman–Crippen LogP) is 2.17. The van der Waals surface area contributed by atoms with Crippen LogP contribution in [0, 0.1) is 6.92 Å². The molecule has 19 heavy (non-hydrogen) atoms. The van der Waals surface area contributed by atoms with Crippen LogP contribution in [0.25, 0.3) is 10.8 Å². The molecule has 1 aromatic carbocycles. The van der Waals surface area contributed by atoms with E-state index in [0.29, 0.717) is 17.7 Å². The van der Waals surface area contributed by atoms with Gasteiger partial charge < -0.3 is 10.3 Å². The quantitative estimate of drug-likeness (QED) is 0.670. The fourth-order valence-corrected chi connectivity index (χ4v) is 2.05. The molecule has 0 fully saturated rings. The number of fused-ring (bicyclic) bond motifs is 1. The van der Waals surface area contributed by atoms with E-state index in [-0.39, 0.29) is 5.56 Å². The van der Waals surface area contributed by atoms with Crippen LogP contribution in [0.3, 0.4) is 0 Å². The van der Waals surface area contributed by atoms with Crippen molar-refractivity contribution in [3.05, 3.63) is 58.1 Å². The first kappa shape index (κ1) is 11.5. The topological polar surface area (TPSA) is 73.6 Å². The summed E-state index contributed by atoms with van der Waals surface area (Å²) in [6.07, 6.45) is 1.78. The highest BCUT2D eigenvalue weighted by Crippen LogP contribution is 2.13. The predicted molar refractivity (Wildman–Crippen MR) is 75.2 cm³/mol. The summed E-state index contributed by atoms with van der Waals surface area (Å²) in [6.45, 7) is 2.59. The Morgan fingerprint density at radius 3 is 2.95 bits per heavy atom. The van der Waals surface area contributed by atoms with E-state index in [1.165, 1.54) is 0 Å². The molecule has 3 N–H and O–H groups in total. The van der Waals surface area contributed by atoms with Crippen LogP contribution < -0.4 is 10.9 Å². The molecule has 0 radical (unpaired) electrons. The first-order chi connectivity index (χ1) is 9.24. The monoisotopic (exact) mass is 254 g/mol. The number of anilines is 1. The molecule has 0 saturated heterocycles. The number of H-pyrrole nitrogens is 2. The summed E-state index contributed by atoms with van der Waals surface area (Å²) in [5.74, 6) is 0.712. The molecule has 0 aliphatic carbocycles. The number of aryl methyl sites for hydroxylation is 1. The normalized spacial score (nSPS) is 10.8. The van der Waals surface area contributed by atoms with Crippen molar-refractivity contribution in [3.63, 3.8) is 0 Å². The van der Waals surface area contributed by atoms with E-state index in [2.05, 4.69) is 20.5 Å². The van der Waals surface area contributed by atoms with Gasteiger partial charge in [-0.25, -0.2) is 0 Å². The maximum atomic E-state index is 11.9. The van der Waals surface area contributed by atoms with E-state index in [0.717, 1.165) is 16.6 Å². The lowest BCUT2D eigenvalue weighted by Crippen LogP contribution is -2.10.